The highest BCUT2D eigenvalue weighted by Gasteiger charge is 2.27. The van der Waals surface area contributed by atoms with Gasteiger partial charge in [0.25, 0.3) is 0 Å². The van der Waals surface area contributed by atoms with E-state index in [4.69, 9.17) is 0 Å². The van der Waals surface area contributed by atoms with E-state index in [1.165, 1.54) is 40.7 Å². The predicted octanol–water partition coefficient (Wildman–Crippen LogP) is 5.80. The fourth-order valence-electron chi connectivity index (χ4n) is 3.88. The van der Waals surface area contributed by atoms with Crippen LogP contribution in [-0.4, -0.2) is 32.7 Å². The summed E-state index contributed by atoms with van der Waals surface area (Å²) in [6.07, 6.45) is 0.327. The van der Waals surface area contributed by atoms with E-state index in [1.54, 1.807) is 12.1 Å². The Balaban J connectivity index is 2.02. The maximum atomic E-state index is 13.7. The molecular weight excluding hydrogens is 496 g/mol. The normalized spacial score (nSPS) is 12.0. The monoisotopic (exact) mass is 529 g/mol. The fraction of sp³-hybridized carbons (Fsp3) is 0.321. The van der Waals surface area contributed by atoms with Gasteiger partial charge in [-0.15, -0.1) is 0 Å². The molecule has 0 aromatic heterocycles. The maximum absolute atomic E-state index is 13.7. The van der Waals surface area contributed by atoms with Gasteiger partial charge in [-0.1, -0.05) is 32.9 Å². The largest absolute Gasteiger partial charge is 0.377 e. The van der Waals surface area contributed by atoms with Gasteiger partial charge in [0.05, 0.1) is 4.90 Å². The second-order valence-corrected chi connectivity index (χ2v) is 12.3. The molecule has 3 aromatic carbocycles. The maximum Gasteiger partial charge on any atom is 0.243 e. The zero-order valence-corrected chi connectivity index (χ0v) is 22.6. The van der Waals surface area contributed by atoms with E-state index in [2.05, 4.69) is 5.32 Å². The summed E-state index contributed by atoms with van der Waals surface area (Å²) >= 11 is 0. The van der Waals surface area contributed by atoms with Crippen LogP contribution in [0.2, 0.25) is 0 Å². The van der Waals surface area contributed by atoms with Crippen LogP contribution in [-0.2, 0) is 27.9 Å². The van der Waals surface area contributed by atoms with Crippen LogP contribution in [0.1, 0.15) is 38.3 Å². The van der Waals surface area contributed by atoms with Gasteiger partial charge in [0.15, 0.2) is 0 Å². The van der Waals surface area contributed by atoms with Crippen molar-refractivity contribution in [2.24, 2.45) is 5.41 Å². The standard InChI is InChI=1S/C28H33F2N3O3S/c1-28(2,3)17-27(34)31-24-12-15-26(32(4)5)21(16-24)19-33(18-20-6-8-22(29)9-7-20)37(35,36)25-13-10-23(30)11-14-25/h6-16H,17-19H2,1-5H3,(H,31,34). The number of hydrogen-bond acceptors (Lipinski definition) is 4. The number of nitrogens with one attached hydrogen (secondary N) is 1. The Bertz CT molecular complexity index is 1330. The molecule has 1 N–H and O–H groups in total. The van der Waals surface area contributed by atoms with Crippen molar-refractivity contribution >= 4 is 27.3 Å². The summed E-state index contributed by atoms with van der Waals surface area (Å²) in [4.78, 5) is 14.3. The molecule has 198 valence electrons. The van der Waals surface area contributed by atoms with Gasteiger partial charge in [-0.25, -0.2) is 17.2 Å². The highest BCUT2D eigenvalue weighted by atomic mass is 32.2. The van der Waals surface area contributed by atoms with Crippen molar-refractivity contribution in [2.45, 2.75) is 45.2 Å². The number of sulfonamides is 1. The first-order chi connectivity index (χ1) is 17.2. The molecule has 0 bridgehead atoms. The summed E-state index contributed by atoms with van der Waals surface area (Å²) < 4.78 is 55.6. The van der Waals surface area contributed by atoms with Crippen molar-refractivity contribution < 1.29 is 22.0 Å². The lowest BCUT2D eigenvalue weighted by Crippen LogP contribution is -2.31. The third-order valence-corrected chi connectivity index (χ3v) is 7.41. The zero-order valence-electron chi connectivity index (χ0n) is 21.8. The summed E-state index contributed by atoms with van der Waals surface area (Å²) in [5.74, 6) is -1.11. The molecular formula is C28H33F2N3O3S. The van der Waals surface area contributed by atoms with E-state index in [1.807, 2.05) is 45.8 Å². The SMILES string of the molecule is CN(C)c1ccc(NC(=O)CC(C)(C)C)cc1CN(Cc1ccc(F)cc1)S(=O)(=O)c1ccc(F)cc1. The molecule has 0 heterocycles. The molecule has 0 aliphatic rings. The highest BCUT2D eigenvalue weighted by Crippen LogP contribution is 2.29. The average Bonchev–Trinajstić information content (AvgIpc) is 2.79. The first-order valence-corrected chi connectivity index (χ1v) is 13.3. The Hall–Kier alpha value is -3.30. The predicted molar refractivity (Wildman–Crippen MR) is 143 cm³/mol. The second kappa shape index (κ2) is 11.4. The first kappa shape index (κ1) is 28.3. The van der Waals surface area contributed by atoms with E-state index < -0.39 is 21.7 Å². The second-order valence-electron chi connectivity index (χ2n) is 10.4. The topological polar surface area (TPSA) is 69.7 Å². The van der Waals surface area contributed by atoms with Crippen LogP contribution in [0.4, 0.5) is 20.2 Å². The average molecular weight is 530 g/mol. The molecule has 0 spiro atoms. The van der Waals surface area contributed by atoms with Gasteiger partial charge in [0, 0.05) is 45.0 Å². The van der Waals surface area contributed by atoms with E-state index >= 15 is 0 Å². The zero-order chi connectivity index (χ0) is 27.4. The van der Waals surface area contributed by atoms with Crippen molar-refractivity contribution in [1.29, 1.82) is 0 Å². The van der Waals surface area contributed by atoms with Gasteiger partial charge >= 0.3 is 0 Å². The van der Waals surface area contributed by atoms with E-state index in [9.17, 15) is 22.0 Å². The van der Waals surface area contributed by atoms with Gasteiger partial charge in [-0.05, 0) is 71.1 Å². The van der Waals surface area contributed by atoms with Crippen molar-refractivity contribution in [3.8, 4) is 0 Å². The van der Waals surface area contributed by atoms with Gasteiger partial charge in [-0.3, -0.25) is 4.79 Å². The molecule has 0 unspecified atom stereocenters. The minimum Gasteiger partial charge on any atom is -0.377 e. The summed E-state index contributed by atoms with van der Waals surface area (Å²) in [6.45, 7) is 5.85. The van der Waals surface area contributed by atoms with E-state index in [-0.39, 0.29) is 29.3 Å². The van der Waals surface area contributed by atoms with Crippen LogP contribution in [0.15, 0.2) is 71.6 Å². The third-order valence-electron chi connectivity index (χ3n) is 5.61. The minimum absolute atomic E-state index is 0.0341. The molecule has 6 nitrogen and oxygen atoms in total. The molecule has 0 fully saturated rings. The number of rotatable bonds is 9. The number of amides is 1. The molecule has 37 heavy (non-hydrogen) atoms. The lowest BCUT2D eigenvalue weighted by Gasteiger charge is -2.26. The van der Waals surface area contributed by atoms with Gasteiger partial charge in [0.2, 0.25) is 15.9 Å². The van der Waals surface area contributed by atoms with Crippen LogP contribution >= 0.6 is 0 Å². The summed E-state index contributed by atoms with van der Waals surface area (Å²) in [6, 6.07) is 15.6. The number of nitrogens with zero attached hydrogens (tertiary/aromatic N) is 2. The van der Waals surface area contributed by atoms with Crippen LogP contribution in [0.5, 0.6) is 0 Å². The smallest absolute Gasteiger partial charge is 0.243 e. The van der Waals surface area contributed by atoms with E-state index in [0.717, 1.165) is 17.8 Å². The van der Waals surface area contributed by atoms with Crippen molar-refractivity contribution in [3.63, 3.8) is 0 Å². The van der Waals surface area contributed by atoms with Crippen molar-refractivity contribution in [2.75, 3.05) is 24.3 Å². The minimum atomic E-state index is -4.06. The Morgan fingerprint density at radius 1 is 0.865 bits per heavy atom. The quantitative estimate of drug-likeness (QED) is 0.381. The number of halogens is 2. The van der Waals surface area contributed by atoms with Crippen molar-refractivity contribution in [3.05, 3.63) is 89.5 Å². The van der Waals surface area contributed by atoms with Gasteiger partial charge in [-0.2, -0.15) is 4.31 Å². The Morgan fingerprint density at radius 3 is 1.97 bits per heavy atom. The number of carbonyl (C=O) groups is 1. The molecule has 0 aliphatic carbocycles. The van der Waals surface area contributed by atoms with Crippen LogP contribution in [0.25, 0.3) is 0 Å². The van der Waals surface area contributed by atoms with Crippen LogP contribution in [0, 0.1) is 17.0 Å². The van der Waals surface area contributed by atoms with Gasteiger partial charge in [0.1, 0.15) is 11.6 Å². The number of benzene rings is 3. The molecule has 0 saturated heterocycles. The Kier molecular flexibility index (Phi) is 8.71. The lowest BCUT2D eigenvalue weighted by atomic mass is 9.92. The van der Waals surface area contributed by atoms with E-state index in [0.29, 0.717) is 23.2 Å². The molecule has 0 atom stereocenters. The first-order valence-electron chi connectivity index (χ1n) is 11.8. The molecule has 1 amide bonds. The molecule has 3 aromatic rings. The highest BCUT2D eigenvalue weighted by molar-refractivity contribution is 7.89. The molecule has 0 radical (unpaired) electrons. The fourth-order valence-corrected chi connectivity index (χ4v) is 5.28. The molecule has 9 heteroatoms. The molecule has 0 saturated carbocycles. The Morgan fingerprint density at radius 2 is 1.43 bits per heavy atom. The van der Waals surface area contributed by atoms with Crippen LogP contribution < -0.4 is 10.2 Å². The summed E-state index contributed by atoms with van der Waals surface area (Å²) in [5, 5.41) is 2.90. The number of anilines is 2. The molecule has 3 rings (SSSR count). The lowest BCUT2D eigenvalue weighted by molar-refractivity contribution is -0.117. The number of carbonyl (C=O) groups excluding carboxylic acids is 1. The molecule has 0 aliphatic heterocycles. The summed E-state index contributed by atoms with van der Waals surface area (Å²) in [5.41, 5.74) is 2.38. The van der Waals surface area contributed by atoms with Gasteiger partial charge < -0.3 is 10.2 Å². The van der Waals surface area contributed by atoms with Crippen LogP contribution in [0.3, 0.4) is 0 Å². The Labute approximate surface area is 218 Å². The number of hydrogen-bond donors (Lipinski definition) is 1. The third kappa shape index (κ3) is 7.84. The van der Waals surface area contributed by atoms with Crippen molar-refractivity contribution in [1.82, 2.24) is 4.31 Å². The summed E-state index contributed by atoms with van der Waals surface area (Å²) in [7, 11) is -0.374.